The minimum atomic E-state index is 0.750. The van der Waals surface area contributed by atoms with Crippen molar-refractivity contribution in [3.63, 3.8) is 0 Å². The lowest BCUT2D eigenvalue weighted by Crippen LogP contribution is -2.31. The predicted molar refractivity (Wildman–Crippen MR) is 101 cm³/mol. The lowest BCUT2D eigenvalue weighted by atomic mass is 9.90. The van der Waals surface area contributed by atoms with Crippen LogP contribution in [0, 0.1) is 0 Å². The number of benzene rings is 2. The fraction of sp³-hybridized carbons (Fsp3) is 0.333. The van der Waals surface area contributed by atoms with E-state index in [0.29, 0.717) is 0 Å². The number of hydrogen-bond acceptors (Lipinski definition) is 5. The van der Waals surface area contributed by atoms with E-state index in [2.05, 4.69) is 29.2 Å². The molecule has 2 aliphatic heterocycles. The molecule has 5 heteroatoms. The van der Waals surface area contributed by atoms with E-state index in [1.165, 1.54) is 22.4 Å². The van der Waals surface area contributed by atoms with Gasteiger partial charge in [-0.3, -0.25) is 0 Å². The second-order valence-corrected chi connectivity index (χ2v) is 6.47. The maximum absolute atomic E-state index is 5.51. The van der Waals surface area contributed by atoms with Crippen molar-refractivity contribution in [3.05, 3.63) is 46.5 Å². The van der Waals surface area contributed by atoms with Crippen LogP contribution in [-0.4, -0.2) is 39.9 Å². The Morgan fingerprint density at radius 2 is 1.31 bits per heavy atom. The Bertz CT molecular complexity index is 888. The molecule has 0 saturated carbocycles. The van der Waals surface area contributed by atoms with Crippen LogP contribution in [0.1, 0.15) is 22.3 Å². The molecule has 0 aliphatic carbocycles. The third-order valence-electron chi connectivity index (χ3n) is 5.18. The summed E-state index contributed by atoms with van der Waals surface area (Å²) in [6.45, 7) is 1.83. The number of fused-ring (bicyclic) bond motifs is 4. The van der Waals surface area contributed by atoms with Gasteiger partial charge in [-0.25, -0.2) is 0 Å². The number of rotatable bonds is 4. The van der Waals surface area contributed by atoms with Gasteiger partial charge in [-0.15, -0.1) is 0 Å². The van der Waals surface area contributed by atoms with E-state index in [0.717, 1.165) is 48.1 Å². The Balaban J connectivity index is 1.85. The van der Waals surface area contributed by atoms with Crippen molar-refractivity contribution in [2.75, 3.05) is 35.0 Å². The molecule has 2 heterocycles. The molecule has 0 amide bonds. The van der Waals surface area contributed by atoms with Crippen LogP contribution >= 0.6 is 0 Å². The van der Waals surface area contributed by atoms with Crippen LogP contribution < -0.4 is 18.9 Å². The van der Waals surface area contributed by atoms with Crippen molar-refractivity contribution in [2.45, 2.75) is 13.0 Å². The summed E-state index contributed by atoms with van der Waals surface area (Å²) in [5, 5.41) is 0. The van der Waals surface area contributed by atoms with Crippen LogP contribution in [0.4, 0.5) is 0 Å². The van der Waals surface area contributed by atoms with E-state index in [1.54, 1.807) is 28.4 Å². The molecule has 4 rings (SSSR count). The zero-order valence-corrected chi connectivity index (χ0v) is 15.6. The zero-order valence-electron chi connectivity index (χ0n) is 15.6. The third kappa shape index (κ3) is 2.55. The van der Waals surface area contributed by atoms with Crippen LogP contribution in [0.2, 0.25) is 0 Å². The highest BCUT2D eigenvalue weighted by molar-refractivity contribution is 5.86. The molecular weight excluding hydrogens is 330 g/mol. The molecule has 0 aromatic heterocycles. The largest absolute Gasteiger partial charge is 0.493 e. The fourth-order valence-electron chi connectivity index (χ4n) is 3.81. The molecule has 0 N–H and O–H groups in total. The lowest BCUT2D eigenvalue weighted by Gasteiger charge is -2.37. The second-order valence-electron chi connectivity index (χ2n) is 6.47. The summed E-state index contributed by atoms with van der Waals surface area (Å²) in [5.41, 5.74) is 6.11. The van der Waals surface area contributed by atoms with Crippen LogP contribution in [0.15, 0.2) is 24.3 Å². The van der Waals surface area contributed by atoms with Gasteiger partial charge in [0.25, 0.3) is 0 Å². The van der Waals surface area contributed by atoms with E-state index < -0.39 is 0 Å². The number of hydrogen-bond donors (Lipinski definition) is 0. The molecular formula is C21H23NO4. The highest BCUT2D eigenvalue weighted by Gasteiger charge is 2.27. The smallest absolute Gasteiger partial charge is 0.161 e. The summed E-state index contributed by atoms with van der Waals surface area (Å²) in [6.07, 6.45) is 3.21. The normalized spacial score (nSPS) is 14.6. The molecule has 2 aromatic carbocycles. The van der Waals surface area contributed by atoms with Gasteiger partial charge in [0.05, 0.1) is 28.4 Å². The van der Waals surface area contributed by atoms with E-state index >= 15 is 0 Å². The first kappa shape index (κ1) is 16.6. The first-order chi connectivity index (χ1) is 12.7. The van der Waals surface area contributed by atoms with Crippen LogP contribution in [0.5, 0.6) is 23.0 Å². The standard InChI is InChI=1S/C21H23NO4/c1-23-18-8-13-5-6-22-12-15-10-20(25-3)19(24-2)9-14(15)7-17(22)16(13)11-21(18)26-4/h7-11H,5-6,12H2,1-4H3. The first-order valence-corrected chi connectivity index (χ1v) is 8.65. The van der Waals surface area contributed by atoms with Crippen molar-refractivity contribution in [3.8, 4) is 23.0 Å². The topological polar surface area (TPSA) is 40.2 Å². The van der Waals surface area contributed by atoms with Crippen molar-refractivity contribution < 1.29 is 18.9 Å². The van der Waals surface area contributed by atoms with Gasteiger partial charge in [-0.2, -0.15) is 0 Å². The maximum atomic E-state index is 5.51. The summed E-state index contributed by atoms with van der Waals surface area (Å²) in [5.74, 6) is 3.06. The van der Waals surface area contributed by atoms with Gasteiger partial charge < -0.3 is 23.8 Å². The molecule has 136 valence electrons. The summed E-state index contributed by atoms with van der Waals surface area (Å²) in [4.78, 5) is 2.41. The number of ether oxygens (including phenoxy) is 4. The van der Waals surface area contributed by atoms with Gasteiger partial charge in [0.15, 0.2) is 23.0 Å². The Morgan fingerprint density at radius 3 is 1.96 bits per heavy atom. The Morgan fingerprint density at radius 1 is 0.731 bits per heavy atom. The van der Waals surface area contributed by atoms with Crippen molar-refractivity contribution in [1.82, 2.24) is 4.90 Å². The number of nitrogens with zero attached hydrogens (tertiary/aromatic N) is 1. The summed E-state index contributed by atoms with van der Waals surface area (Å²) in [7, 11) is 6.69. The van der Waals surface area contributed by atoms with Crippen molar-refractivity contribution in [2.24, 2.45) is 0 Å². The molecule has 0 fully saturated rings. The van der Waals surface area contributed by atoms with Crippen LogP contribution in [-0.2, 0) is 13.0 Å². The second kappa shape index (κ2) is 6.48. The van der Waals surface area contributed by atoms with Crippen LogP contribution in [0.25, 0.3) is 11.8 Å². The molecule has 5 nitrogen and oxygen atoms in total. The zero-order chi connectivity index (χ0) is 18.3. The molecule has 0 bridgehead atoms. The average Bonchev–Trinajstić information content (AvgIpc) is 2.69. The van der Waals surface area contributed by atoms with Crippen LogP contribution in [0.3, 0.4) is 0 Å². The van der Waals surface area contributed by atoms with Gasteiger partial charge in [-0.1, -0.05) is 0 Å². The number of methoxy groups -OCH3 is 4. The Labute approximate surface area is 153 Å². The van der Waals surface area contributed by atoms with E-state index in [1.807, 2.05) is 6.07 Å². The minimum Gasteiger partial charge on any atom is -0.493 e. The molecule has 26 heavy (non-hydrogen) atoms. The highest BCUT2D eigenvalue weighted by Crippen LogP contribution is 2.42. The van der Waals surface area contributed by atoms with E-state index in [9.17, 15) is 0 Å². The van der Waals surface area contributed by atoms with Gasteiger partial charge in [-0.05, 0) is 53.5 Å². The third-order valence-corrected chi connectivity index (χ3v) is 5.18. The van der Waals surface area contributed by atoms with Gasteiger partial charge in [0, 0.05) is 24.4 Å². The Hall–Kier alpha value is -2.82. The minimum absolute atomic E-state index is 0.750. The quantitative estimate of drug-likeness (QED) is 0.840. The molecule has 2 aliphatic rings. The molecule has 0 unspecified atom stereocenters. The Kier molecular flexibility index (Phi) is 4.15. The predicted octanol–water partition coefficient (Wildman–Crippen LogP) is 3.59. The van der Waals surface area contributed by atoms with Crippen molar-refractivity contribution in [1.29, 1.82) is 0 Å². The molecule has 0 atom stereocenters. The summed E-state index contributed by atoms with van der Waals surface area (Å²) in [6, 6.07) is 8.30. The van der Waals surface area contributed by atoms with E-state index in [4.69, 9.17) is 18.9 Å². The monoisotopic (exact) mass is 353 g/mol. The molecule has 2 aromatic rings. The molecule has 0 spiro atoms. The fourth-order valence-corrected chi connectivity index (χ4v) is 3.81. The SMILES string of the molecule is COc1cc2c(cc1OC)CN1CCc3cc(OC)c(OC)cc3C1=C2. The van der Waals surface area contributed by atoms with Crippen molar-refractivity contribution >= 4 is 11.8 Å². The average molecular weight is 353 g/mol. The van der Waals surface area contributed by atoms with E-state index in [-0.39, 0.29) is 0 Å². The van der Waals surface area contributed by atoms with Gasteiger partial charge >= 0.3 is 0 Å². The lowest BCUT2D eigenvalue weighted by molar-refractivity contribution is 0.346. The maximum Gasteiger partial charge on any atom is 0.161 e. The van der Waals surface area contributed by atoms with Gasteiger partial charge in [0.1, 0.15) is 0 Å². The summed E-state index contributed by atoms with van der Waals surface area (Å²) < 4.78 is 21.9. The molecule has 0 radical (unpaired) electrons. The highest BCUT2D eigenvalue weighted by atomic mass is 16.5. The van der Waals surface area contributed by atoms with Gasteiger partial charge in [0.2, 0.25) is 0 Å². The first-order valence-electron chi connectivity index (χ1n) is 8.65. The molecule has 0 saturated heterocycles. The summed E-state index contributed by atoms with van der Waals surface area (Å²) >= 11 is 0.